The fourth-order valence-corrected chi connectivity index (χ4v) is 4.08. The highest BCUT2D eigenvalue weighted by Crippen LogP contribution is 2.40. The Morgan fingerprint density at radius 1 is 1.23 bits per heavy atom. The minimum Gasteiger partial charge on any atom is -0.493 e. The molecule has 2 aromatic carbocycles. The lowest BCUT2D eigenvalue weighted by atomic mass is 9.88. The molecule has 2 aliphatic rings. The second-order valence-corrected chi connectivity index (χ2v) is 7.78. The number of fused-ring (bicyclic) bond motifs is 2. The zero-order chi connectivity index (χ0) is 22.2. The van der Waals surface area contributed by atoms with Crippen molar-refractivity contribution in [1.82, 2.24) is 0 Å². The Labute approximate surface area is 176 Å². The molecular weight excluding hydrogens is 414 g/mol. The number of amides is 1. The first-order valence-electron chi connectivity index (χ1n) is 10.1. The maximum absolute atomic E-state index is 14.2. The first kappa shape index (κ1) is 21.4. The van der Waals surface area contributed by atoms with Crippen LogP contribution in [0.5, 0.6) is 5.75 Å². The Morgan fingerprint density at radius 3 is 2.81 bits per heavy atom. The van der Waals surface area contributed by atoms with E-state index in [1.807, 2.05) is 12.1 Å². The van der Waals surface area contributed by atoms with E-state index in [0.717, 1.165) is 17.2 Å². The molecule has 1 unspecified atom stereocenters. The normalized spacial score (nSPS) is 19.8. The number of rotatable bonds is 2. The van der Waals surface area contributed by atoms with Crippen LogP contribution in [-0.2, 0) is 23.8 Å². The van der Waals surface area contributed by atoms with Crippen LogP contribution in [0.3, 0.4) is 0 Å². The van der Waals surface area contributed by atoms with Crippen LogP contribution in [0.25, 0.3) is 5.57 Å². The van der Waals surface area contributed by atoms with Crippen LogP contribution in [0.4, 0.5) is 23.2 Å². The number of benzene rings is 2. The summed E-state index contributed by atoms with van der Waals surface area (Å²) in [6, 6.07) is 6.95. The Morgan fingerprint density at radius 2 is 2.03 bits per heavy atom. The van der Waals surface area contributed by atoms with Gasteiger partial charge in [0.15, 0.2) is 0 Å². The van der Waals surface area contributed by atoms with Crippen molar-refractivity contribution in [3.05, 3.63) is 64.5 Å². The Balaban J connectivity index is 1.64. The Hall–Kier alpha value is -2.87. The van der Waals surface area contributed by atoms with Gasteiger partial charge in [-0.2, -0.15) is 13.2 Å². The molecule has 0 bridgehead atoms. The van der Waals surface area contributed by atoms with Crippen molar-refractivity contribution in [2.24, 2.45) is 0 Å². The van der Waals surface area contributed by atoms with Gasteiger partial charge >= 0.3 is 6.18 Å². The van der Waals surface area contributed by atoms with Gasteiger partial charge in [-0.05, 0) is 60.6 Å². The molecule has 2 N–H and O–H groups in total. The first-order valence-corrected chi connectivity index (χ1v) is 10.1. The van der Waals surface area contributed by atoms with Crippen LogP contribution >= 0.6 is 0 Å². The lowest BCUT2D eigenvalue weighted by Gasteiger charge is -2.23. The van der Waals surface area contributed by atoms with Crippen LogP contribution in [0.1, 0.15) is 41.5 Å². The molecule has 31 heavy (non-hydrogen) atoms. The largest absolute Gasteiger partial charge is 0.493 e. The van der Waals surface area contributed by atoms with Gasteiger partial charge in [-0.25, -0.2) is 4.39 Å². The number of aryl methyl sites for hydroxylation is 1. The highest BCUT2D eigenvalue weighted by molar-refractivity contribution is 6.04. The monoisotopic (exact) mass is 435 g/mol. The van der Waals surface area contributed by atoms with Crippen molar-refractivity contribution in [2.75, 3.05) is 11.9 Å². The van der Waals surface area contributed by atoms with Gasteiger partial charge in [0.05, 0.1) is 18.3 Å². The number of aliphatic hydroxyl groups is 1. The standard InChI is InChI=1S/C23H21F4NO3/c24-19-11-17-14(4-2-8-31-21(17)12-18(19)23(25,26)27)9-22(30)28-20-5-1-3-13-6-7-15(29)10-16(13)20/h1,3,5,9,11-12,15,29H,2,4,6-8,10H2,(H,28,30)/b14-9+. The fraction of sp³-hybridized carbons (Fsp3) is 0.348. The van der Waals surface area contributed by atoms with Gasteiger partial charge in [-0.3, -0.25) is 4.79 Å². The van der Waals surface area contributed by atoms with E-state index in [4.69, 9.17) is 4.74 Å². The average molecular weight is 435 g/mol. The molecule has 1 atom stereocenters. The van der Waals surface area contributed by atoms with Crippen LogP contribution in [-0.4, -0.2) is 23.7 Å². The summed E-state index contributed by atoms with van der Waals surface area (Å²) >= 11 is 0. The SMILES string of the molecule is O=C(/C=C1\CCCOc2cc(C(F)(F)F)c(F)cc21)Nc1cccc2c1CC(O)CC2. The molecule has 1 aliphatic carbocycles. The number of anilines is 1. The topological polar surface area (TPSA) is 58.6 Å². The van der Waals surface area contributed by atoms with Gasteiger partial charge in [0, 0.05) is 23.7 Å². The number of hydrogen-bond acceptors (Lipinski definition) is 3. The maximum atomic E-state index is 14.2. The number of carbonyl (C=O) groups is 1. The van der Waals surface area contributed by atoms with E-state index in [1.165, 1.54) is 6.08 Å². The van der Waals surface area contributed by atoms with Crippen molar-refractivity contribution in [2.45, 2.75) is 44.4 Å². The lowest BCUT2D eigenvalue weighted by molar-refractivity contribution is -0.140. The number of ether oxygens (including phenoxy) is 1. The molecule has 4 rings (SSSR count). The summed E-state index contributed by atoms with van der Waals surface area (Å²) in [5.41, 5.74) is 1.67. The molecule has 0 spiro atoms. The molecule has 0 fully saturated rings. The molecule has 2 aromatic rings. The summed E-state index contributed by atoms with van der Waals surface area (Å²) < 4.78 is 58.7. The van der Waals surface area contributed by atoms with Gasteiger partial charge < -0.3 is 15.2 Å². The molecule has 164 valence electrons. The van der Waals surface area contributed by atoms with Crippen molar-refractivity contribution < 1.29 is 32.2 Å². The lowest BCUT2D eigenvalue weighted by Crippen LogP contribution is -2.21. The fourth-order valence-electron chi connectivity index (χ4n) is 4.08. The number of nitrogens with one attached hydrogen (secondary N) is 1. The van der Waals surface area contributed by atoms with Crippen LogP contribution in [0.15, 0.2) is 36.4 Å². The summed E-state index contributed by atoms with van der Waals surface area (Å²) in [6.07, 6.45) is -1.39. The van der Waals surface area contributed by atoms with E-state index < -0.39 is 29.6 Å². The van der Waals surface area contributed by atoms with Crippen LogP contribution < -0.4 is 10.1 Å². The summed E-state index contributed by atoms with van der Waals surface area (Å²) in [6.45, 7) is 0.166. The Kier molecular flexibility index (Phi) is 5.75. The second kappa shape index (κ2) is 8.34. The molecule has 0 saturated heterocycles. The average Bonchev–Trinajstić information content (AvgIpc) is 2.89. The minimum atomic E-state index is -4.84. The highest BCUT2D eigenvalue weighted by atomic mass is 19.4. The molecule has 0 aromatic heterocycles. The molecule has 0 radical (unpaired) electrons. The molecule has 1 amide bonds. The van der Waals surface area contributed by atoms with Crippen molar-refractivity contribution in [3.63, 3.8) is 0 Å². The van der Waals surface area contributed by atoms with E-state index in [0.29, 0.717) is 49.4 Å². The summed E-state index contributed by atoms with van der Waals surface area (Å²) in [5.74, 6) is -1.98. The van der Waals surface area contributed by atoms with E-state index in [9.17, 15) is 27.5 Å². The predicted molar refractivity (Wildman–Crippen MR) is 107 cm³/mol. The van der Waals surface area contributed by atoms with Gasteiger partial charge in [0.2, 0.25) is 5.91 Å². The van der Waals surface area contributed by atoms with Crippen molar-refractivity contribution >= 4 is 17.2 Å². The molecule has 4 nitrogen and oxygen atoms in total. The van der Waals surface area contributed by atoms with Gasteiger partial charge in [-0.1, -0.05) is 12.1 Å². The number of halogens is 4. The molecule has 1 heterocycles. The summed E-state index contributed by atoms with van der Waals surface area (Å²) in [5, 5.41) is 12.8. The number of aliphatic hydroxyl groups excluding tert-OH is 1. The van der Waals surface area contributed by atoms with Gasteiger partial charge in [0.25, 0.3) is 0 Å². The third-order valence-electron chi connectivity index (χ3n) is 5.59. The third-order valence-corrected chi connectivity index (χ3v) is 5.59. The van der Waals surface area contributed by atoms with E-state index in [-0.39, 0.29) is 17.9 Å². The zero-order valence-electron chi connectivity index (χ0n) is 16.6. The number of carbonyl (C=O) groups excluding carboxylic acids is 1. The Bertz CT molecular complexity index is 1050. The third kappa shape index (κ3) is 4.58. The maximum Gasteiger partial charge on any atom is 0.419 e. The molecule has 8 heteroatoms. The van der Waals surface area contributed by atoms with Crippen molar-refractivity contribution in [3.8, 4) is 5.75 Å². The number of hydrogen-bond donors (Lipinski definition) is 2. The first-order chi connectivity index (χ1) is 14.7. The van der Waals surface area contributed by atoms with Crippen molar-refractivity contribution in [1.29, 1.82) is 0 Å². The van der Waals surface area contributed by atoms with E-state index in [1.54, 1.807) is 6.07 Å². The van der Waals surface area contributed by atoms with E-state index >= 15 is 0 Å². The van der Waals surface area contributed by atoms with Crippen LogP contribution in [0, 0.1) is 5.82 Å². The molecular formula is C23H21F4NO3. The number of alkyl halides is 3. The predicted octanol–water partition coefficient (Wildman–Crippen LogP) is 4.89. The van der Waals surface area contributed by atoms with E-state index in [2.05, 4.69) is 5.32 Å². The quantitative estimate of drug-likeness (QED) is 0.522. The number of allylic oxidation sites excluding steroid dienone is 1. The molecule has 0 saturated carbocycles. The second-order valence-electron chi connectivity index (χ2n) is 7.78. The minimum absolute atomic E-state index is 0.0921. The summed E-state index contributed by atoms with van der Waals surface area (Å²) in [4.78, 5) is 12.7. The smallest absolute Gasteiger partial charge is 0.419 e. The molecule has 1 aliphatic heterocycles. The van der Waals surface area contributed by atoms with Gasteiger partial charge in [-0.15, -0.1) is 0 Å². The van der Waals surface area contributed by atoms with Crippen LogP contribution in [0.2, 0.25) is 0 Å². The summed E-state index contributed by atoms with van der Waals surface area (Å²) in [7, 11) is 0. The zero-order valence-corrected chi connectivity index (χ0v) is 16.6. The van der Waals surface area contributed by atoms with Gasteiger partial charge in [0.1, 0.15) is 11.6 Å². The highest BCUT2D eigenvalue weighted by Gasteiger charge is 2.36.